The molecule has 0 aliphatic carbocycles. The predicted molar refractivity (Wildman–Crippen MR) is 116 cm³/mol. The molecule has 5 N–H and O–H groups in total. The van der Waals surface area contributed by atoms with Gasteiger partial charge in [-0.3, -0.25) is 9.59 Å². The average molecular weight is 428 g/mol. The van der Waals surface area contributed by atoms with Crippen molar-refractivity contribution in [2.75, 3.05) is 0 Å². The molecular weight excluding hydrogens is 398 g/mol. The number of benzene rings is 2. The summed E-state index contributed by atoms with van der Waals surface area (Å²) in [6.45, 7) is 3.79. The summed E-state index contributed by atoms with van der Waals surface area (Å²) in [6, 6.07) is 13.6. The van der Waals surface area contributed by atoms with Crippen LogP contribution in [0.2, 0.25) is 0 Å². The van der Waals surface area contributed by atoms with Crippen LogP contribution in [0.4, 0.5) is 4.79 Å². The molecule has 0 aliphatic heterocycles. The van der Waals surface area contributed by atoms with Gasteiger partial charge in [0.05, 0.1) is 0 Å². The molecule has 31 heavy (non-hydrogen) atoms. The number of amides is 3. The number of nitrogens with two attached hydrogens (primary N) is 1. The lowest BCUT2D eigenvalue weighted by Crippen LogP contribution is -2.55. The van der Waals surface area contributed by atoms with E-state index >= 15 is 0 Å². The van der Waals surface area contributed by atoms with Crippen LogP contribution in [-0.4, -0.2) is 35.1 Å². The molecule has 0 aromatic heterocycles. The number of nitrogens with one attached hydrogen (secondary N) is 2. The van der Waals surface area contributed by atoms with Crippen molar-refractivity contribution in [1.29, 1.82) is 0 Å². The van der Waals surface area contributed by atoms with Gasteiger partial charge in [-0.2, -0.15) is 0 Å². The third kappa shape index (κ3) is 7.65. The highest BCUT2D eigenvalue weighted by Crippen LogP contribution is 2.13. The third-order valence-corrected chi connectivity index (χ3v) is 5.02. The standard InChI is InChI=1S/C23H29N3O5/c1-3-15(2)20(26-23(30)31-14-17-7-5-4-6-8-17)22(29)25-19(21(24)28)13-16-9-11-18(27)12-10-16/h4-12,15,19-20,27H,3,13-14H2,1-2H3,(H2,24,28)(H,25,29)(H,26,30)/t15-,19-,20+/m0/s1. The van der Waals surface area contributed by atoms with E-state index in [0.29, 0.717) is 6.42 Å². The fourth-order valence-corrected chi connectivity index (χ4v) is 2.95. The second kappa shape index (κ2) is 11.6. The van der Waals surface area contributed by atoms with Crippen molar-refractivity contribution in [3.8, 4) is 5.75 Å². The summed E-state index contributed by atoms with van der Waals surface area (Å²) in [5.74, 6) is -1.32. The minimum atomic E-state index is -0.967. The van der Waals surface area contributed by atoms with E-state index in [2.05, 4.69) is 10.6 Å². The molecule has 0 fully saturated rings. The molecule has 0 aliphatic rings. The highest BCUT2D eigenvalue weighted by atomic mass is 16.5. The molecule has 8 nitrogen and oxygen atoms in total. The van der Waals surface area contributed by atoms with Crippen LogP contribution < -0.4 is 16.4 Å². The second-order valence-corrected chi connectivity index (χ2v) is 7.40. The van der Waals surface area contributed by atoms with Gasteiger partial charge in [0.2, 0.25) is 11.8 Å². The molecule has 3 amide bonds. The van der Waals surface area contributed by atoms with Crippen molar-refractivity contribution in [2.45, 2.75) is 45.4 Å². The monoisotopic (exact) mass is 427 g/mol. The molecule has 3 atom stereocenters. The number of rotatable bonds is 10. The van der Waals surface area contributed by atoms with Crippen molar-refractivity contribution in [3.05, 3.63) is 65.7 Å². The van der Waals surface area contributed by atoms with Crippen LogP contribution in [0, 0.1) is 5.92 Å². The van der Waals surface area contributed by atoms with Crippen LogP contribution in [-0.2, 0) is 27.4 Å². The number of aromatic hydroxyl groups is 1. The van der Waals surface area contributed by atoms with Crippen LogP contribution in [0.25, 0.3) is 0 Å². The van der Waals surface area contributed by atoms with Crippen LogP contribution in [0.15, 0.2) is 54.6 Å². The number of hydrogen-bond donors (Lipinski definition) is 4. The lowest BCUT2D eigenvalue weighted by atomic mass is 9.97. The molecule has 0 bridgehead atoms. The minimum absolute atomic E-state index is 0.0757. The number of ether oxygens (including phenoxy) is 1. The van der Waals surface area contributed by atoms with E-state index in [9.17, 15) is 19.5 Å². The summed E-state index contributed by atoms with van der Waals surface area (Å²) >= 11 is 0. The quantitative estimate of drug-likeness (QED) is 0.462. The Kier molecular flexibility index (Phi) is 8.87. The topological polar surface area (TPSA) is 131 Å². The molecule has 0 radical (unpaired) electrons. The van der Waals surface area contributed by atoms with Crippen molar-refractivity contribution in [2.24, 2.45) is 11.7 Å². The van der Waals surface area contributed by atoms with Crippen LogP contribution >= 0.6 is 0 Å². The number of phenolic OH excluding ortho intramolecular Hbond substituents is 1. The fourth-order valence-electron chi connectivity index (χ4n) is 2.95. The van der Waals surface area contributed by atoms with Gasteiger partial charge < -0.3 is 26.2 Å². The summed E-state index contributed by atoms with van der Waals surface area (Å²) < 4.78 is 5.22. The number of hydrogen-bond acceptors (Lipinski definition) is 5. The largest absolute Gasteiger partial charge is 0.508 e. The maximum atomic E-state index is 12.9. The van der Waals surface area contributed by atoms with E-state index in [1.165, 1.54) is 12.1 Å². The van der Waals surface area contributed by atoms with Gasteiger partial charge in [-0.05, 0) is 29.2 Å². The number of alkyl carbamates (subject to hydrolysis) is 1. The van der Waals surface area contributed by atoms with Crippen LogP contribution in [0.3, 0.4) is 0 Å². The van der Waals surface area contributed by atoms with Gasteiger partial charge in [0.25, 0.3) is 0 Å². The first kappa shape index (κ1) is 23.7. The zero-order valence-electron chi connectivity index (χ0n) is 17.7. The average Bonchev–Trinajstić information content (AvgIpc) is 2.77. The number of carbonyl (C=O) groups is 3. The molecular formula is C23H29N3O5. The second-order valence-electron chi connectivity index (χ2n) is 7.40. The Hall–Kier alpha value is -3.55. The molecule has 8 heteroatoms. The van der Waals surface area contributed by atoms with Gasteiger partial charge in [0, 0.05) is 6.42 Å². The van der Waals surface area contributed by atoms with Gasteiger partial charge in [0.1, 0.15) is 24.4 Å². The summed E-state index contributed by atoms with van der Waals surface area (Å²) in [7, 11) is 0. The molecule has 0 saturated carbocycles. The molecule has 2 rings (SSSR count). The molecule has 166 valence electrons. The number of phenols is 1. The van der Waals surface area contributed by atoms with E-state index in [1.807, 2.05) is 44.2 Å². The van der Waals surface area contributed by atoms with E-state index in [4.69, 9.17) is 10.5 Å². The smallest absolute Gasteiger partial charge is 0.408 e. The number of primary amides is 1. The first-order valence-electron chi connectivity index (χ1n) is 10.1. The minimum Gasteiger partial charge on any atom is -0.508 e. The molecule has 0 unspecified atom stereocenters. The van der Waals surface area contributed by atoms with E-state index in [1.54, 1.807) is 12.1 Å². The first-order valence-corrected chi connectivity index (χ1v) is 10.1. The highest BCUT2D eigenvalue weighted by molar-refractivity contribution is 5.91. The summed E-state index contributed by atoms with van der Waals surface area (Å²) in [4.78, 5) is 37.0. The summed E-state index contributed by atoms with van der Waals surface area (Å²) in [6.07, 6.45) is 0.0574. The third-order valence-electron chi connectivity index (χ3n) is 5.02. The highest BCUT2D eigenvalue weighted by Gasteiger charge is 2.29. The van der Waals surface area contributed by atoms with Gasteiger partial charge in [-0.25, -0.2) is 4.79 Å². The van der Waals surface area contributed by atoms with Gasteiger partial charge >= 0.3 is 6.09 Å². The van der Waals surface area contributed by atoms with Crippen molar-refractivity contribution >= 4 is 17.9 Å². The van der Waals surface area contributed by atoms with Crippen molar-refractivity contribution in [1.82, 2.24) is 10.6 Å². The van der Waals surface area contributed by atoms with E-state index in [-0.39, 0.29) is 24.7 Å². The Balaban J connectivity index is 2.01. The van der Waals surface area contributed by atoms with Gasteiger partial charge in [-0.1, -0.05) is 62.7 Å². The van der Waals surface area contributed by atoms with Crippen LogP contribution in [0.1, 0.15) is 31.4 Å². The first-order chi connectivity index (χ1) is 14.8. The van der Waals surface area contributed by atoms with E-state index in [0.717, 1.165) is 11.1 Å². The normalized spacial score (nSPS) is 13.5. The van der Waals surface area contributed by atoms with Crippen molar-refractivity contribution in [3.63, 3.8) is 0 Å². The predicted octanol–water partition coefficient (Wildman–Crippen LogP) is 2.25. The maximum Gasteiger partial charge on any atom is 0.408 e. The fraction of sp³-hybridized carbons (Fsp3) is 0.348. The Morgan fingerprint density at radius 1 is 1.00 bits per heavy atom. The molecule has 2 aromatic rings. The Morgan fingerprint density at radius 3 is 2.23 bits per heavy atom. The Labute approximate surface area is 181 Å². The molecule has 0 saturated heterocycles. The SMILES string of the molecule is CC[C@H](C)[C@@H](NC(=O)OCc1ccccc1)C(=O)N[C@@H](Cc1ccc(O)cc1)C(N)=O. The Bertz CT molecular complexity index is 871. The Morgan fingerprint density at radius 2 is 1.65 bits per heavy atom. The van der Waals surface area contributed by atoms with Crippen LogP contribution in [0.5, 0.6) is 5.75 Å². The zero-order valence-corrected chi connectivity index (χ0v) is 17.7. The van der Waals surface area contributed by atoms with Gasteiger partial charge in [0.15, 0.2) is 0 Å². The van der Waals surface area contributed by atoms with Crippen molar-refractivity contribution < 1.29 is 24.2 Å². The summed E-state index contributed by atoms with van der Waals surface area (Å²) in [5.41, 5.74) is 7.01. The molecule has 0 spiro atoms. The lowest BCUT2D eigenvalue weighted by Gasteiger charge is -2.25. The maximum absolute atomic E-state index is 12.9. The van der Waals surface area contributed by atoms with E-state index < -0.39 is 30.0 Å². The number of carbonyl (C=O) groups excluding carboxylic acids is 3. The summed E-state index contributed by atoms with van der Waals surface area (Å²) in [5, 5.41) is 14.6. The molecule has 2 aromatic carbocycles. The molecule has 0 heterocycles. The zero-order chi connectivity index (χ0) is 22.8. The van der Waals surface area contributed by atoms with Gasteiger partial charge in [-0.15, -0.1) is 0 Å². The lowest BCUT2D eigenvalue weighted by molar-refractivity contribution is -0.129.